The molecule has 0 radical (unpaired) electrons. The molecule has 1 atom stereocenters. The number of hydrogen-bond acceptors (Lipinski definition) is 7. The largest absolute Gasteiger partial charge is 0.508 e. The molecule has 1 aliphatic rings. The fourth-order valence-electron chi connectivity index (χ4n) is 3.56. The van der Waals surface area contributed by atoms with Gasteiger partial charge in [0.25, 0.3) is 0 Å². The number of rotatable bonds is 2. The number of hydrogen-bond donors (Lipinski definition) is 1. The molecule has 0 bridgehead atoms. The van der Waals surface area contributed by atoms with Crippen LogP contribution in [0.3, 0.4) is 0 Å². The van der Waals surface area contributed by atoms with Crippen molar-refractivity contribution in [3.63, 3.8) is 0 Å². The van der Waals surface area contributed by atoms with Crippen LogP contribution < -0.4 is 4.74 Å². The van der Waals surface area contributed by atoms with E-state index in [0.29, 0.717) is 23.1 Å². The zero-order valence-corrected chi connectivity index (χ0v) is 15.1. The smallest absolute Gasteiger partial charge is 0.228 e. The second kappa shape index (κ2) is 5.67. The summed E-state index contributed by atoms with van der Waals surface area (Å²) >= 11 is 1.58. The van der Waals surface area contributed by atoms with Gasteiger partial charge in [-0.3, -0.25) is 0 Å². The number of thiophene rings is 1. The quantitative estimate of drug-likeness (QED) is 0.472. The number of phenolic OH excluding ortho intramolecular Hbond substituents is 1. The van der Waals surface area contributed by atoms with Gasteiger partial charge < -0.3 is 14.3 Å². The molecule has 0 spiro atoms. The number of fused-ring (bicyclic) bond motifs is 4. The van der Waals surface area contributed by atoms with Gasteiger partial charge in [-0.05, 0) is 29.6 Å². The molecular formula is C20H12N4O3S. The highest BCUT2D eigenvalue weighted by atomic mass is 32.1. The lowest BCUT2D eigenvalue weighted by atomic mass is 9.87. The normalized spacial score (nSPS) is 15.2. The highest BCUT2D eigenvalue weighted by molar-refractivity contribution is 7.13. The van der Waals surface area contributed by atoms with Crippen LogP contribution in [-0.4, -0.2) is 24.7 Å². The maximum atomic E-state index is 9.88. The van der Waals surface area contributed by atoms with Gasteiger partial charge in [0.05, 0.1) is 22.6 Å². The lowest BCUT2D eigenvalue weighted by Gasteiger charge is -2.26. The second-order valence-corrected chi connectivity index (χ2v) is 7.36. The summed E-state index contributed by atoms with van der Waals surface area (Å²) in [7, 11) is 0. The van der Waals surface area contributed by atoms with Crippen LogP contribution in [0.4, 0.5) is 0 Å². The molecule has 28 heavy (non-hydrogen) atoms. The fourth-order valence-corrected chi connectivity index (χ4v) is 4.22. The lowest BCUT2D eigenvalue weighted by Crippen LogP contribution is -2.14. The van der Waals surface area contributed by atoms with E-state index in [1.54, 1.807) is 40.6 Å². The summed E-state index contributed by atoms with van der Waals surface area (Å²) in [6.07, 6.45) is 3.23. The lowest BCUT2D eigenvalue weighted by molar-refractivity contribution is 0.409. The van der Waals surface area contributed by atoms with E-state index in [0.717, 1.165) is 21.8 Å². The van der Waals surface area contributed by atoms with Crippen LogP contribution in [0.1, 0.15) is 22.8 Å². The van der Waals surface area contributed by atoms with Crippen LogP contribution in [0.15, 0.2) is 64.9 Å². The van der Waals surface area contributed by atoms with Crippen LogP contribution in [0.25, 0.3) is 16.3 Å². The standard InChI is InChI=1S/C20H12N4O3S/c25-11-5-6-12-14(9-11)27-20-17(16(12)13-3-1-7-26-13)19-22-18(15-4-2-8-28-15)23-24(19)10-21-20/h1-10,16,25H/t16-/m0/s1. The first-order chi connectivity index (χ1) is 13.8. The average Bonchev–Trinajstić information content (AvgIpc) is 3.46. The predicted molar refractivity (Wildman–Crippen MR) is 102 cm³/mol. The van der Waals surface area contributed by atoms with E-state index in [4.69, 9.17) is 14.1 Å². The Morgan fingerprint density at radius 3 is 2.93 bits per heavy atom. The molecule has 5 aromatic rings. The number of ether oxygens (including phenoxy) is 1. The van der Waals surface area contributed by atoms with Gasteiger partial charge in [0.1, 0.15) is 23.6 Å². The van der Waals surface area contributed by atoms with E-state index in [1.165, 1.54) is 0 Å². The SMILES string of the molecule is Oc1ccc2c(c1)Oc1ncn3nc(-c4cccs4)nc3c1[C@@H]2c1ccco1. The van der Waals surface area contributed by atoms with Crippen molar-refractivity contribution in [1.82, 2.24) is 19.6 Å². The second-order valence-electron chi connectivity index (χ2n) is 6.42. The Bertz CT molecular complexity index is 1310. The topological polar surface area (TPSA) is 85.7 Å². The Morgan fingerprint density at radius 1 is 1.14 bits per heavy atom. The van der Waals surface area contributed by atoms with E-state index in [-0.39, 0.29) is 11.7 Å². The summed E-state index contributed by atoms with van der Waals surface area (Å²) in [5.74, 6) is 2.21. The molecule has 0 amide bonds. The molecule has 0 unspecified atom stereocenters. The Hall–Kier alpha value is -3.65. The molecule has 1 N–H and O–H groups in total. The highest BCUT2D eigenvalue weighted by Crippen LogP contribution is 2.48. The van der Waals surface area contributed by atoms with E-state index in [1.807, 2.05) is 35.7 Å². The van der Waals surface area contributed by atoms with Crippen LogP contribution in [-0.2, 0) is 0 Å². The third-order valence-electron chi connectivity index (χ3n) is 4.76. The van der Waals surface area contributed by atoms with Crippen molar-refractivity contribution >= 4 is 17.0 Å². The zero-order valence-electron chi connectivity index (χ0n) is 14.3. The Labute approximate surface area is 162 Å². The molecule has 1 aliphatic heterocycles. The highest BCUT2D eigenvalue weighted by Gasteiger charge is 2.35. The van der Waals surface area contributed by atoms with Gasteiger partial charge in [0, 0.05) is 11.6 Å². The maximum Gasteiger partial charge on any atom is 0.228 e. The first kappa shape index (κ1) is 15.4. The van der Waals surface area contributed by atoms with Crippen molar-refractivity contribution in [3.8, 4) is 28.1 Å². The van der Waals surface area contributed by atoms with Crippen LogP contribution in [0, 0.1) is 0 Å². The molecule has 4 aromatic heterocycles. The van der Waals surface area contributed by atoms with E-state index in [9.17, 15) is 5.11 Å². The minimum Gasteiger partial charge on any atom is -0.508 e. The van der Waals surface area contributed by atoms with Gasteiger partial charge in [-0.2, -0.15) is 0 Å². The van der Waals surface area contributed by atoms with Gasteiger partial charge in [-0.15, -0.1) is 16.4 Å². The number of aromatic nitrogens is 4. The minimum absolute atomic E-state index is 0.129. The number of aromatic hydroxyl groups is 1. The van der Waals surface area contributed by atoms with E-state index < -0.39 is 0 Å². The van der Waals surface area contributed by atoms with Crippen molar-refractivity contribution in [1.29, 1.82) is 0 Å². The fraction of sp³-hybridized carbons (Fsp3) is 0.0500. The Morgan fingerprint density at radius 2 is 2.11 bits per heavy atom. The van der Waals surface area contributed by atoms with Crippen molar-refractivity contribution in [2.24, 2.45) is 0 Å². The average molecular weight is 388 g/mol. The summed E-state index contributed by atoms with van der Waals surface area (Å²) < 4.78 is 13.4. The molecule has 0 aliphatic carbocycles. The number of furan rings is 1. The minimum atomic E-state index is -0.272. The van der Waals surface area contributed by atoms with Crippen molar-refractivity contribution in [2.75, 3.05) is 0 Å². The predicted octanol–water partition coefficient (Wildman–Crippen LogP) is 4.44. The number of nitrogens with zero attached hydrogens (tertiary/aromatic N) is 4. The maximum absolute atomic E-state index is 9.88. The first-order valence-corrected chi connectivity index (χ1v) is 9.49. The van der Waals surface area contributed by atoms with Gasteiger partial charge in [-0.25, -0.2) is 14.5 Å². The summed E-state index contributed by atoms with van der Waals surface area (Å²) in [6.45, 7) is 0. The molecule has 136 valence electrons. The first-order valence-electron chi connectivity index (χ1n) is 8.61. The van der Waals surface area contributed by atoms with Crippen LogP contribution in [0.2, 0.25) is 0 Å². The van der Waals surface area contributed by atoms with E-state index >= 15 is 0 Å². The Balaban J connectivity index is 1.64. The summed E-state index contributed by atoms with van der Waals surface area (Å²) in [6, 6.07) is 12.8. The van der Waals surface area contributed by atoms with Crippen molar-refractivity contribution in [2.45, 2.75) is 5.92 Å². The van der Waals surface area contributed by atoms with Crippen LogP contribution in [0.5, 0.6) is 17.4 Å². The molecule has 0 saturated carbocycles. The monoisotopic (exact) mass is 388 g/mol. The molecule has 1 aromatic carbocycles. The van der Waals surface area contributed by atoms with Gasteiger partial charge in [0.15, 0.2) is 11.5 Å². The zero-order chi connectivity index (χ0) is 18.7. The number of benzene rings is 1. The van der Waals surface area contributed by atoms with E-state index in [2.05, 4.69) is 10.1 Å². The van der Waals surface area contributed by atoms with Gasteiger partial charge in [0.2, 0.25) is 5.88 Å². The molecule has 7 nitrogen and oxygen atoms in total. The number of phenols is 1. The third-order valence-corrected chi connectivity index (χ3v) is 5.63. The molecule has 0 fully saturated rings. The van der Waals surface area contributed by atoms with Gasteiger partial charge in [-0.1, -0.05) is 12.1 Å². The summed E-state index contributed by atoms with van der Waals surface area (Å²) in [5.41, 5.74) is 2.32. The van der Waals surface area contributed by atoms with Crippen molar-refractivity contribution in [3.05, 3.63) is 77.3 Å². The molecule has 6 rings (SSSR count). The van der Waals surface area contributed by atoms with Crippen molar-refractivity contribution < 1.29 is 14.3 Å². The third kappa shape index (κ3) is 2.18. The summed E-state index contributed by atoms with van der Waals surface area (Å²) in [4.78, 5) is 10.2. The molecule has 5 heterocycles. The molecular weight excluding hydrogens is 376 g/mol. The Kier molecular flexibility index (Phi) is 3.12. The molecule has 0 saturated heterocycles. The van der Waals surface area contributed by atoms with Gasteiger partial charge >= 0.3 is 0 Å². The van der Waals surface area contributed by atoms with Crippen LogP contribution >= 0.6 is 11.3 Å². The summed E-state index contributed by atoms with van der Waals surface area (Å²) in [5, 5.41) is 16.5. The molecule has 8 heteroatoms.